The molecule has 2 N–H and O–H groups in total. The lowest BCUT2D eigenvalue weighted by Crippen LogP contribution is -2.64. The number of likely N-dealkylation sites (tertiary alicyclic amines) is 1. The van der Waals surface area contributed by atoms with Crippen LogP contribution in [0.2, 0.25) is 0 Å². The average molecular weight is 578 g/mol. The molecular weight excluding hydrogens is 540 g/mol. The van der Waals surface area contributed by atoms with Gasteiger partial charge < -0.3 is 20.2 Å². The van der Waals surface area contributed by atoms with Crippen LogP contribution >= 0.6 is 0 Å². The van der Waals surface area contributed by atoms with E-state index in [1.807, 2.05) is 31.2 Å². The van der Waals surface area contributed by atoms with Gasteiger partial charge in [-0.1, -0.05) is 36.6 Å². The first kappa shape index (κ1) is 28.5. The quantitative estimate of drug-likeness (QED) is 0.484. The number of aliphatic hydroxyl groups is 1. The summed E-state index contributed by atoms with van der Waals surface area (Å²) in [4.78, 5) is 35.1. The molecule has 0 unspecified atom stereocenters. The topological polar surface area (TPSA) is 90.7 Å². The Morgan fingerprint density at radius 2 is 1.90 bits per heavy atom. The van der Waals surface area contributed by atoms with Gasteiger partial charge in [-0.3, -0.25) is 9.36 Å². The molecule has 3 aliphatic rings. The van der Waals surface area contributed by atoms with Gasteiger partial charge in [-0.2, -0.15) is 0 Å². The van der Waals surface area contributed by atoms with Crippen molar-refractivity contribution in [3.05, 3.63) is 88.0 Å². The molecule has 0 radical (unpaired) electrons. The Kier molecular flexibility index (Phi) is 7.61. The second kappa shape index (κ2) is 11.2. The molecule has 42 heavy (non-hydrogen) atoms. The molecule has 1 spiro atoms. The Bertz CT molecular complexity index is 1540. The number of hydrogen-bond donors (Lipinski definition) is 2. The Hall–Kier alpha value is -3.63. The molecule has 3 heterocycles. The number of piperidine rings is 1. The van der Waals surface area contributed by atoms with Crippen molar-refractivity contribution in [2.75, 3.05) is 32.7 Å². The van der Waals surface area contributed by atoms with Crippen molar-refractivity contribution < 1.29 is 18.7 Å². The summed E-state index contributed by atoms with van der Waals surface area (Å²) < 4.78 is 30.3. The van der Waals surface area contributed by atoms with Crippen LogP contribution in [-0.2, 0) is 6.54 Å². The molecule has 3 aromatic rings. The normalized spacial score (nSPS) is 23.9. The number of nitrogens with zero attached hydrogens (tertiary/aromatic N) is 4. The molecule has 10 heteroatoms. The van der Waals surface area contributed by atoms with E-state index >= 15 is 0 Å². The number of aryl methyl sites for hydroxylation is 1. The highest BCUT2D eigenvalue weighted by atomic mass is 19.1. The molecule has 2 amide bonds. The second-order valence-electron chi connectivity index (χ2n) is 12.2. The van der Waals surface area contributed by atoms with Crippen molar-refractivity contribution in [1.29, 1.82) is 0 Å². The summed E-state index contributed by atoms with van der Waals surface area (Å²) >= 11 is 0. The predicted molar refractivity (Wildman–Crippen MR) is 155 cm³/mol. The standard InChI is InChI=1S/C32H37F2N5O3/c1-22-5-4-6-23(15-22)27-17-29(40)38(21-36-27)20-32(42)11-13-37(19-31(32)9-2-3-10-31)30(41)39-14-12-35-18-28(39)25-16-24(33)7-8-26(25)34/h4-8,15-17,21,28,35,42H,2-3,9-14,18-20H2,1H3/t28-,32+/m0/s1. The van der Waals surface area contributed by atoms with Crippen LogP contribution in [0.5, 0.6) is 0 Å². The monoisotopic (exact) mass is 577 g/mol. The fraction of sp³-hybridized carbons (Fsp3) is 0.469. The number of benzene rings is 2. The molecule has 2 saturated heterocycles. The highest BCUT2D eigenvalue weighted by Crippen LogP contribution is 2.52. The van der Waals surface area contributed by atoms with Gasteiger partial charge in [-0.05, 0) is 50.5 Å². The number of hydrogen-bond acceptors (Lipinski definition) is 5. The molecule has 2 aliphatic heterocycles. The number of carbonyl (C=O) groups is 1. The first-order chi connectivity index (χ1) is 20.2. The fourth-order valence-electron chi connectivity index (χ4n) is 7.21. The maximum atomic E-state index is 14.7. The van der Waals surface area contributed by atoms with Crippen molar-refractivity contribution in [2.24, 2.45) is 5.41 Å². The number of amides is 2. The van der Waals surface area contributed by atoms with Crippen molar-refractivity contribution in [3.8, 4) is 11.3 Å². The molecule has 1 aromatic heterocycles. The summed E-state index contributed by atoms with van der Waals surface area (Å²) in [6.07, 6.45) is 5.14. The summed E-state index contributed by atoms with van der Waals surface area (Å²) in [5.74, 6) is -1.09. The minimum Gasteiger partial charge on any atom is -0.387 e. The molecule has 1 saturated carbocycles. The van der Waals surface area contributed by atoms with Crippen LogP contribution in [0.4, 0.5) is 13.6 Å². The molecular formula is C32H37F2N5O3. The van der Waals surface area contributed by atoms with E-state index in [9.17, 15) is 23.5 Å². The largest absolute Gasteiger partial charge is 0.387 e. The van der Waals surface area contributed by atoms with Gasteiger partial charge in [0.05, 0.1) is 30.2 Å². The molecule has 0 bridgehead atoms. The molecule has 222 valence electrons. The van der Waals surface area contributed by atoms with Gasteiger partial charge in [0.1, 0.15) is 11.6 Å². The van der Waals surface area contributed by atoms with Crippen molar-refractivity contribution >= 4 is 6.03 Å². The van der Waals surface area contributed by atoms with Crippen LogP contribution in [0, 0.1) is 24.0 Å². The number of urea groups is 1. The first-order valence-corrected chi connectivity index (χ1v) is 14.8. The third kappa shape index (κ3) is 5.22. The van der Waals surface area contributed by atoms with Crippen LogP contribution in [0.25, 0.3) is 11.3 Å². The predicted octanol–water partition coefficient (Wildman–Crippen LogP) is 4.26. The third-order valence-corrected chi connectivity index (χ3v) is 9.54. The smallest absolute Gasteiger partial charge is 0.320 e. The summed E-state index contributed by atoms with van der Waals surface area (Å²) in [5, 5.41) is 15.4. The zero-order chi connectivity index (χ0) is 29.5. The highest BCUT2D eigenvalue weighted by Gasteiger charge is 2.56. The van der Waals surface area contributed by atoms with E-state index in [1.54, 1.807) is 9.80 Å². The van der Waals surface area contributed by atoms with E-state index in [4.69, 9.17) is 0 Å². The molecule has 6 rings (SSSR count). The van der Waals surface area contributed by atoms with Crippen molar-refractivity contribution in [1.82, 2.24) is 24.7 Å². The van der Waals surface area contributed by atoms with E-state index in [1.165, 1.54) is 17.0 Å². The fourth-order valence-corrected chi connectivity index (χ4v) is 7.21. The maximum Gasteiger partial charge on any atom is 0.320 e. The first-order valence-electron chi connectivity index (χ1n) is 14.8. The summed E-state index contributed by atoms with van der Waals surface area (Å²) in [5.41, 5.74) is 0.662. The number of aromatic nitrogens is 2. The van der Waals surface area contributed by atoms with Gasteiger partial charge in [0.2, 0.25) is 0 Å². The number of carbonyl (C=O) groups excluding carboxylic acids is 1. The minimum atomic E-state index is -1.20. The van der Waals surface area contributed by atoms with Gasteiger partial charge in [0.25, 0.3) is 5.56 Å². The Labute approximate surface area is 244 Å². The van der Waals surface area contributed by atoms with E-state index in [-0.39, 0.29) is 23.7 Å². The Morgan fingerprint density at radius 1 is 1.10 bits per heavy atom. The van der Waals surface area contributed by atoms with Crippen molar-refractivity contribution in [3.63, 3.8) is 0 Å². The zero-order valence-electron chi connectivity index (χ0n) is 23.9. The van der Waals surface area contributed by atoms with Gasteiger partial charge in [0, 0.05) is 55.3 Å². The maximum absolute atomic E-state index is 14.7. The van der Waals surface area contributed by atoms with E-state index in [0.29, 0.717) is 44.8 Å². The van der Waals surface area contributed by atoms with Gasteiger partial charge in [-0.15, -0.1) is 0 Å². The van der Waals surface area contributed by atoms with Crippen LogP contribution < -0.4 is 10.9 Å². The summed E-state index contributed by atoms with van der Waals surface area (Å²) in [6, 6.07) is 11.8. The Morgan fingerprint density at radius 3 is 2.67 bits per heavy atom. The highest BCUT2D eigenvalue weighted by molar-refractivity contribution is 5.75. The van der Waals surface area contributed by atoms with E-state index < -0.39 is 28.7 Å². The third-order valence-electron chi connectivity index (χ3n) is 9.54. The minimum absolute atomic E-state index is 0.0969. The zero-order valence-corrected chi connectivity index (χ0v) is 23.9. The van der Waals surface area contributed by atoms with E-state index in [2.05, 4.69) is 10.3 Å². The average Bonchev–Trinajstić information content (AvgIpc) is 3.46. The Balaban J connectivity index is 1.23. The van der Waals surface area contributed by atoms with E-state index in [0.717, 1.165) is 55.0 Å². The number of nitrogens with one attached hydrogen (secondary N) is 1. The molecule has 3 fully saturated rings. The van der Waals surface area contributed by atoms with Gasteiger partial charge in [-0.25, -0.2) is 18.6 Å². The van der Waals surface area contributed by atoms with Crippen LogP contribution in [-0.4, -0.2) is 68.8 Å². The molecule has 1 aliphatic carbocycles. The van der Waals surface area contributed by atoms with Gasteiger partial charge in [0.15, 0.2) is 0 Å². The van der Waals surface area contributed by atoms with Crippen LogP contribution in [0.15, 0.2) is 59.7 Å². The second-order valence-corrected chi connectivity index (χ2v) is 12.2. The molecule has 8 nitrogen and oxygen atoms in total. The lowest BCUT2D eigenvalue weighted by Gasteiger charge is -2.53. The van der Waals surface area contributed by atoms with Crippen LogP contribution in [0.1, 0.15) is 49.3 Å². The van der Waals surface area contributed by atoms with Crippen molar-refractivity contribution in [2.45, 2.75) is 57.2 Å². The lowest BCUT2D eigenvalue weighted by atomic mass is 9.66. The number of halogens is 2. The number of piperazine rings is 1. The molecule has 2 aromatic carbocycles. The SMILES string of the molecule is Cc1cccc(-c2cc(=O)n(C[C@]3(O)CCN(C(=O)N4CCNC[C@H]4c4cc(F)ccc4F)CC34CCCC4)cn2)c1. The number of rotatable bonds is 4. The lowest BCUT2D eigenvalue weighted by molar-refractivity contribution is -0.137. The van der Waals surface area contributed by atoms with Crippen LogP contribution in [0.3, 0.4) is 0 Å². The summed E-state index contributed by atoms with van der Waals surface area (Å²) in [6.45, 7) is 3.96. The van der Waals surface area contributed by atoms with Gasteiger partial charge >= 0.3 is 6.03 Å². The molecule has 2 atom stereocenters. The summed E-state index contributed by atoms with van der Waals surface area (Å²) in [7, 11) is 0.